The largest absolute Gasteiger partial charge is 0.368 e. The Bertz CT molecular complexity index is 883. The maximum atomic E-state index is 13.1. The predicted molar refractivity (Wildman–Crippen MR) is 123 cm³/mol. The molecular formula is C26H34N2O3. The molecule has 5 heteroatoms. The van der Waals surface area contributed by atoms with Crippen molar-refractivity contribution in [2.75, 3.05) is 0 Å². The molecule has 5 nitrogen and oxygen atoms in total. The van der Waals surface area contributed by atoms with Gasteiger partial charge in [0.1, 0.15) is 11.8 Å². The van der Waals surface area contributed by atoms with E-state index in [9.17, 15) is 14.4 Å². The minimum absolute atomic E-state index is 0.00108. The van der Waals surface area contributed by atoms with Crippen LogP contribution in [0.25, 0.3) is 0 Å². The summed E-state index contributed by atoms with van der Waals surface area (Å²) in [5.41, 5.74) is 8.26. The zero-order valence-electron chi connectivity index (χ0n) is 19.0. The van der Waals surface area contributed by atoms with Crippen LogP contribution in [-0.2, 0) is 27.2 Å². The molecule has 2 aromatic rings. The van der Waals surface area contributed by atoms with Crippen molar-refractivity contribution >= 4 is 17.6 Å². The maximum absolute atomic E-state index is 13.1. The van der Waals surface area contributed by atoms with E-state index in [0.29, 0.717) is 12.8 Å². The first-order chi connectivity index (χ1) is 14.6. The second-order valence-electron chi connectivity index (χ2n) is 9.31. The summed E-state index contributed by atoms with van der Waals surface area (Å²) in [6.07, 6.45) is 1.45. The Balaban J connectivity index is 2.03. The molecule has 0 saturated heterocycles. The number of hydrogen-bond donors (Lipinski definition) is 2. The Kier molecular flexibility index (Phi) is 8.55. The lowest BCUT2D eigenvalue weighted by molar-refractivity contribution is -0.135. The Morgan fingerprint density at radius 2 is 1.55 bits per heavy atom. The van der Waals surface area contributed by atoms with Gasteiger partial charge in [0.15, 0.2) is 0 Å². The lowest BCUT2D eigenvalue weighted by Gasteiger charge is -2.30. The molecule has 2 aromatic carbocycles. The summed E-state index contributed by atoms with van der Waals surface area (Å²) in [6.45, 7) is 7.79. The van der Waals surface area contributed by atoms with Crippen molar-refractivity contribution in [2.45, 2.75) is 59.4 Å². The molecule has 0 bridgehead atoms. The van der Waals surface area contributed by atoms with Crippen LogP contribution in [0.1, 0.15) is 50.3 Å². The van der Waals surface area contributed by atoms with E-state index in [-0.39, 0.29) is 24.5 Å². The quantitative estimate of drug-likeness (QED) is 0.611. The van der Waals surface area contributed by atoms with Gasteiger partial charge in [-0.25, -0.2) is 0 Å². The molecule has 3 N–H and O–H groups in total. The number of hydrogen-bond acceptors (Lipinski definition) is 3. The summed E-state index contributed by atoms with van der Waals surface area (Å²) in [4.78, 5) is 37.8. The number of Topliss-reactive ketones (excluding diaryl/α,β-unsaturated/α-hetero) is 1. The van der Waals surface area contributed by atoms with E-state index in [1.165, 1.54) is 0 Å². The number of rotatable bonds is 10. The maximum Gasteiger partial charge on any atom is 0.240 e. The molecule has 2 amide bonds. The van der Waals surface area contributed by atoms with E-state index >= 15 is 0 Å². The van der Waals surface area contributed by atoms with E-state index in [1.54, 1.807) is 0 Å². The second kappa shape index (κ2) is 10.9. The van der Waals surface area contributed by atoms with Crippen LogP contribution in [0.15, 0.2) is 54.6 Å². The number of aryl methyl sites for hydroxylation is 2. The minimum atomic E-state index is -0.773. The van der Waals surface area contributed by atoms with Crippen LogP contribution in [0.5, 0.6) is 0 Å². The third-order valence-corrected chi connectivity index (χ3v) is 5.54. The van der Waals surface area contributed by atoms with Gasteiger partial charge < -0.3 is 11.1 Å². The molecule has 0 saturated carbocycles. The van der Waals surface area contributed by atoms with E-state index in [1.807, 2.05) is 82.3 Å². The number of carbonyl (C=O) groups excluding carboxylic acids is 3. The second-order valence-corrected chi connectivity index (χ2v) is 9.31. The molecule has 0 aliphatic carbocycles. The average Bonchev–Trinajstić information content (AvgIpc) is 2.70. The van der Waals surface area contributed by atoms with Crippen molar-refractivity contribution in [1.29, 1.82) is 0 Å². The lowest BCUT2D eigenvalue weighted by atomic mass is 9.76. The van der Waals surface area contributed by atoms with Gasteiger partial charge in [0.25, 0.3) is 0 Å². The minimum Gasteiger partial charge on any atom is -0.368 e. The Morgan fingerprint density at radius 1 is 0.935 bits per heavy atom. The van der Waals surface area contributed by atoms with Crippen LogP contribution in [0.3, 0.4) is 0 Å². The van der Waals surface area contributed by atoms with Crippen LogP contribution in [-0.4, -0.2) is 23.6 Å². The van der Waals surface area contributed by atoms with Gasteiger partial charge in [-0.15, -0.1) is 0 Å². The van der Waals surface area contributed by atoms with Crippen LogP contribution in [0.4, 0.5) is 0 Å². The number of ketones is 1. The number of nitrogens with two attached hydrogens (primary N) is 1. The normalized spacial score (nSPS) is 13.3. The van der Waals surface area contributed by atoms with Gasteiger partial charge in [-0.3, -0.25) is 14.4 Å². The highest BCUT2D eigenvalue weighted by Gasteiger charge is 2.34. The van der Waals surface area contributed by atoms with Gasteiger partial charge >= 0.3 is 0 Å². The number of amides is 2. The Hall–Kier alpha value is -2.95. The topological polar surface area (TPSA) is 89.3 Å². The van der Waals surface area contributed by atoms with Gasteiger partial charge in [-0.2, -0.15) is 0 Å². The van der Waals surface area contributed by atoms with Crippen LogP contribution >= 0.6 is 0 Å². The zero-order valence-corrected chi connectivity index (χ0v) is 19.0. The summed E-state index contributed by atoms with van der Waals surface area (Å²) in [5.74, 6) is -1.42. The molecule has 0 aliphatic heterocycles. The first kappa shape index (κ1) is 24.3. The third-order valence-electron chi connectivity index (χ3n) is 5.54. The fourth-order valence-electron chi connectivity index (χ4n) is 3.54. The third kappa shape index (κ3) is 8.00. The van der Waals surface area contributed by atoms with Gasteiger partial charge in [-0.05, 0) is 36.3 Å². The van der Waals surface area contributed by atoms with Crippen molar-refractivity contribution < 1.29 is 14.4 Å². The van der Waals surface area contributed by atoms with E-state index in [4.69, 9.17) is 5.73 Å². The van der Waals surface area contributed by atoms with E-state index in [0.717, 1.165) is 16.7 Å². The van der Waals surface area contributed by atoms with Crippen LogP contribution < -0.4 is 11.1 Å². The Labute approximate surface area is 185 Å². The highest BCUT2D eigenvalue weighted by Crippen LogP contribution is 2.30. The van der Waals surface area contributed by atoms with E-state index < -0.39 is 23.3 Å². The summed E-state index contributed by atoms with van der Waals surface area (Å²) in [5, 5.41) is 2.80. The number of carbonyl (C=O) groups is 3. The van der Waals surface area contributed by atoms with Crippen molar-refractivity contribution in [3.8, 4) is 0 Å². The van der Waals surface area contributed by atoms with Gasteiger partial charge in [-0.1, -0.05) is 80.9 Å². The first-order valence-corrected chi connectivity index (χ1v) is 10.8. The molecule has 2 rings (SSSR count). The number of nitrogens with one attached hydrogen (secondary N) is 1. The lowest BCUT2D eigenvalue weighted by Crippen LogP contribution is -2.49. The standard InChI is InChI=1S/C26H34N2O3/c1-18-10-12-20(13-11-18)16-21(29)17-22(26(2,3)4)25(31)28-23(24(27)30)15-14-19-8-6-5-7-9-19/h5-13,22-23H,14-17H2,1-4H3,(H2,27,30)(H,28,31). The molecule has 31 heavy (non-hydrogen) atoms. The highest BCUT2D eigenvalue weighted by molar-refractivity contribution is 5.91. The molecular weight excluding hydrogens is 388 g/mol. The Morgan fingerprint density at radius 3 is 2.10 bits per heavy atom. The number of benzene rings is 2. The molecule has 166 valence electrons. The smallest absolute Gasteiger partial charge is 0.240 e. The summed E-state index contributed by atoms with van der Waals surface area (Å²) in [7, 11) is 0. The monoisotopic (exact) mass is 422 g/mol. The zero-order chi connectivity index (χ0) is 23.0. The van der Waals surface area contributed by atoms with Crippen molar-refractivity contribution in [2.24, 2.45) is 17.1 Å². The summed E-state index contributed by atoms with van der Waals surface area (Å²) >= 11 is 0. The van der Waals surface area contributed by atoms with E-state index in [2.05, 4.69) is 5.32 Å². The molecule has 0 radical (unpaired) electrons. The molecule has 0 heterocycles. The first-order valence-electron chi connectivity index (χ1n) is 10.8. The molecule has 0 aliphatic rings. The van der Waals surface area contributed by atoms with Crippen molar-refractivity contribution in [1.82, 2.24) is 5.32 Å². The molecule has 2 unspecified atom stereocenters. The predicted octanol–water partition coefficient (Wildman–Crippen LogP) is 3.76. The van der Waals surface area contributed by atoms with Gasteiger partial charge in [0, 0.05) is 18.8 Å². The summed E-state index contributed by atoms with van der Waals surface area (Å²) < 4.78 is 0. The number of primary amides is 1. The summed E-state index contributed by atoms with van der Waals surface area (Å²) in [6, 6.07) is 16.8. The molecule has 2 atom stereocenters. The fourth-order valence-corrected chi connectivity index (χ4v) is 3.54. The van der Waals surface area contributed by atoms with Gasteiger partial charge in [0.2, 0.25) is 11.8 Å². The highest BCUT2D eigenvalue weighted by atomic mass is 16.2. The average molecular weight is 423 g/mol. The van der Waals surface area contributed by atoms with Crippen LogP contribution in [0.2, 0.25) is 0 Å². The SMILES string of the molecule is Cc1ccc(CC(=O)CC(C(=O)NC(CCc2ccccc2)C(N)=O)C(C)(C)C)cc1. The molecule has 0 aromatic heterocycles. The molecule has 0 spiro atoms. The molecule has 0 fully saturated rings. The van der Waals surface area contributed by atoms with Crippen molar-refractivity contribution in [3.63, 3.8) is 0 Å². The van der Waals surface area contributed by atoms with Crippen LogP contribution in [0, 0.1) is 18.3 Å². The van der Waals surface area contributed by atoms with Gasteiger partial charge in [0.05, 0.1) is 0 Å². The van der Waals surface area contributed by atoms with Crippen molar-refractivity contribution in [3.05, 3.63) is 71.3 Å². The fraction of sp³-hybridized carbons (Fsp3) is 0.423.